The van der Waals surface area contributed by atoms with Gasteiger partial charge in [-0.1, -0.05) is 12.1 Å². The number of hydrogen-bond donors (Lipinski definition) is 0. The third-order valence-corrected chi connectivity index (χ3v) is 3.27. The molecule has 0 radical (unpaired) electrons. The molecule has 0 saturated heterocycles. The van der Waals surface area contributed by atoms with Crippen molar-refractivity contribution in [3.8, 4) is 5.75 Å². The van der Waals surface area contributed by atoms with Crippen molar-refractivity contribution in [3.63, 3.8) is 0 Å². The Morgan fingerprint density at radius 1 is 1.20 bits per heavy atom. The molecule has 0 bridgehead atoms. The summed E-state index contributed by atoms with van der Waals surface area (Å²) in [7, 11) is 0. The number of halogens is 4. The van der Waals surface area contributed by atoms with Gasteiger partial charge in [0.05, 0.1) is 11.8 Å². The van der Waals surface area contributed by atoms with E-state index in [-0.39, 0.29) is 12.2 Å². The number of rotatable bonds is 3. The van der Waals surface area contributed by atoms with Crippen LogP contribution in [0.25, 0.3) is 0 Å². The van der Waals surface area contributed by atoms with Gasteiger partial charge in [0.1, 0.15) is 17.0 Å². The minimum Gasteiger partial charge on any atom is -0.487 e. The highest BCUT2D eigenvalue weighted by molar-refractivity contribution is 9.10. The second kappa shape index (κ2) is 5.83. The van der Waals surface area contributed by atoms with E-state index in [1.807, 2.05) is 0 Å². The maximum Gasteiger partial charge on any atom is 0.416 e. The molecule has 2 nitrogen and oxygen atoms in total. The number of ether oxygens (including phenoxy) is 1. The van der Waals surface area contributed by atoms with Gasteiger partial charge in [-0.25, -0.2) is 4.98 Å². The van der Waals surface area contributed by atoms with E-state index in [9.17, 15) is 13.2 Å². The van der Waals surface area contributed by atoms with E-state index in [0.29, 0.717) is 15.9 Å². The van der Waals surface area contributed by atoms with Crippen molar-refractivity contribution < 1.29 is 17.9 Å². The van der Waals surface area contributed by atoms with Gasteiger partial charge in [-0.15, -0.1) is 0 Å². The molecule has 0 aliphatic carbocycles. The van der Waals surface area contributed by atoms with E-state index in [1.54, 1.807) is 25.1 Å². The molecular weight excluding hydrogens is 335 g/mol. The van der Waals surface area contributed by atoms with Crippen LogP contribution in [-0.4, -0.2) is 4.98 Å². The molecule has 0 N–H and O–H groups in total. The van der Waals surface area contributed by atoms with Crippen molar-refractivity contribution in [3.05, 3.63) is 57.8 Å². The number of nitrogens with zero attached hydrogens (tertiary/aromatic N) is 1. The molecular formula is C14H11BrF3NO. The van der Waals surface area contributed by atoms with Crippen molar-refractivity contribution in [2.75, 3.05) is 0 Å². The number of pyridine rings is 1. The highest BCUT2D eigenvalue weighted by atomic mass is 79.9. The van der Waals surface area contributed by atoms with Crippen molar-refractivity contribution in [1.82, 2.24) is 4.98 Å². The molecule has 20 heavy (non-hydrogen) atoms. The van der Waals surface area contributed by atoms with Gasteiger partial charge in [-0.2, -0.15) is 13.2 Å². The Hall–Kier alpha value is -1.56. The van der Waals surface area contributed by atoms with E-state index >= 15 is 0 Å². The maximum absolute atomic E-state index is 12.9. The molecule has 0 fully saturated rings. The molecule has 1 heterocycles. The number of benzene rings is 1. The lowest BCUT2D eigenvalue weighted by molar-refractivity contribution is -0.138. The molecule has 0 saturated carbocycles. The number of aromatic nitrogens is 1. The first-order valence-corrected chi connectivity index (χ1v) is 6.57. The zero-order chi connectivity index (χ0) is 14.8. The fraction of sp³-hybridized carbons (Fsp3) is 0.214. The summed E-state index contributed by atoms with van der Waals surface area (Å²) in [5, 5.41) is 0. The van der Waals surface area contributed by atoms with Crippen LogP contribution in [0.3, 0.4) is 0 Å². The van der Waals surface area contributed by atoms with Crippen LogP contribution in [0.5, 0.6) is 5.75 Å². The molecule has 0 unspecified atom stereocenters. The molecule has 2 aromatic rings. The third kappa shape index (κ3) is 3.50. The zero-order valence-corrected chi connectivity index (χ0v) is 12.1. The SMILES string of the molecule is Cc1cccc(C(F)(F)F)c1COc1ccc(Br)nc1. The Balaban J connectivity index is 2.23. The van der Waals surface area contributed by atoms with Crippen molar-refractivity contribution in [1.29, 1.82) is 0 Å². The molecule has 1 aromatic heterocycles. The van der Waals surface area contributed by atoms with Gasteiger partial charge in [-0.05, 0) is 46.6 Å². The van der Waals surface area contributed by atoms with Gasteiger partial charge >= 0.3 is 6.18 Å². The summed E-state index contributed by atoms with van der Waals surface area (Å²) >= 11 is 3.18. The summed E-state index contributed by atoms with van der Waals surface area (Å²) in [4.78, 5) is 3.95. The Labute approximate surface area is 122 Å². The monoisotopic (exact) mass is 345 g/mol. The van der Waals surface area contributed by atoms with E-state index in [2.05, 4.69) is 20.9 Å². The van der Waals surface area contributed by atoms with Crippen molar-refractivity contribution >= 4 is 15.9 Å². The van der Waals surface area contributed by atoms with Crippen molar-refractivity contribution in [2.24, 2.45) is 0 Å². The smallest absolute Gasteiger partial charge is 0.416 e. The molecule has 0 aliphatic heterocycles. The third-order valence-electron chi connectivity index (χ3n) is 2.80. The molecule has 2 rings (SSSR count). The summed E-state index contributed by atoms with van der Waals surface area (Å²) in [5.74, 6) is 0.421. The van der Waals surface area contributed by atoms with E-state index in [1.165, 1.54) is 12.3 Å². The Kier molecular flexibility index (Phi) is 4.32. The highest BCUT2D eigenvalue weighted by Gasteiger charge is 2.33. The highest BCUT2D eigenvalue weighted by Crippen LogP contribution is 2.33. The molecule has 0 amide bonds. The van der Waals surface area contributed by atoms with Crippen molar-refractivity contribution in [2.45, 2.75) is 19.7 Å². The second-order valence-corrected chi connectivity index (χ2v) is 5.02. The van der Waals surface area contributed by atoms with Crippen LogP contribution in [0.15, 0.2) is 41.1 Å². The van der Waals surface area contributed by atoms with Gasteiger partial charge in [0.2, 0.25) is 0 Å². The molecule has 1 aromatic carbocycles. The van der Waals surface area contributed by atoms with Crippen LogP contribution in [0, 0.1) is 6.92 Å². The lowest BCUT2D eigenvalue weighted by Crippen LogP contribution is -2.12. The first-order valence-electron chi connectivity index (χ1n) is 5.78. The second-order valence-electron chi connectivity index (χ2n) is 4.20. The molecule has 0 aliphatic rings. The maximum atomic E-state index is 12.9. The van der Waals surface area contributed by atoms with Gasteiger partial charge in [0.25, 0.3) is 0 Å². The number of aryl methyl sites for hydroxylation is 1. The topological polar surface area (TPSA) is 22.1 Å². The number of hydrogen-bond acceptors (Lipinski definition) is 2. The van der Waals surface area contributed by atoms with Crippen LogP contribution in [0.2, 0.25) is 0 Å². The average Bonchev–Trinajstić information content (AvgIpc) is 2.38. The van der Waals surface area contributed by atoms with E-state index in [0.717, 1.165) is 6.07 Å². The minimum atomic E-state index is -4.39. The Morgan fingerprint density at radius 2 is 1.95 bits per heavy atom. The van der Waals surface area contributed by atoms with Crippen LogP contribution in [0.1, 0.15) is 16.7 Å². The van der Waals surface area contributed by atoms with Gasteiger partial charge in [-0.3, -0.25) is 0 Å². The van der Waals surface area contributed by atoms with Crippen LogP contribution in [-0.2, 0) is 12.8 Å². The molecule has 0 atom stereocenters. The summed E-state index contributed by atoms with van der Waals surface area (Å²) in [6.45, 7) is 1.48. The van der Waals surface area contributed by atoms with Crippen LogP contribution < -0.4 is 4.74 Å². The summed E-state index contributed by atoms with van der Waals surface area (Å²) in [6.07, 6.45) is -2.93. The first kappa shape index (κ1) is 14.8. The Morgan fingerprint density at radius 3 is 2.55 bits per heavy atom. The fourth-order valence-corrected chi connectivity index (χ4v) is 2.00. The molecule has 6 heteroatoms. The van der Waals surface area contributed by atoms with Crippen LogP contribution >= 0.6 is 15.9 Å². The standard InChI is InChI=1S/C14H11BrF3NO/c1-9-3-2-4-12(14(16,17)18)11(9)8-20-10-5-6-13(15)19-7-10/h2-7H,8H2,1H3. The first-order chi connectivity index (χ1) is 9.38. The predicted molar refractivity (Wildman–Crippen MR) is 72.5 cm³/mol. The predicted octanol–water partition coefficient (Wildman–Crippen LogP) is 4.75. The quantitative estimate of drug-likeness (QED) is 0.749. The van der Waals surface area contributed by atoms with E-state index < -0.39 is 11.7 Å². The molecule has 106 valence electrons. The lowest BCUT2D eigenvalue weighted by Gasteiger charge is -2.15. The summed E-state index contributed by atoms with van der Waals surface area (Å²) in [5.41, 5.74) is 0.0235. The largest absolute Gasteiger partial charge is 0.487 e. The lowest BCUT2D eigenvalue weighted by atomic mass is 10.0. The van der Waals surface area contributed by atoms with Gasteiger partial charge in [0, 0.05) is 5.56 Å². The number of alkyl halides is 3. The minimum absolute atomic E-state index is 0.142. The molecule has 0 spiro atoms. The zero-order valence-electron chi connectivity index (χ0n) is 10.5. The van der Waals surface area contributed by atoms with Gasteiger partial charge < -0.3 is 4.74 Å². The normalized spacial score (nSPS) is 11.4. The Bertz CT molecular complexity index is 596. The van der Waals surface area contributed by atoms with Crippen LogP contribution in [0.4, 0.5) is 13.2 Å². The average molecular weight is 346 g/mol. The summed E-state index contributed by atoms with van der Waals surface area (Å²) < 4.78 is 44.8. The van der Waals surface area contributed by atoms with E-state index in [4.69, 9.17) is 4.74 Å². The fourth-order valence-electron chi connectivity index (χ4n) is 1.76. The van der Waals surface area contributed by atoms with Gasteiger partial charge in [0.15, 0.2) is 0 Å². The summed E-state index contributed by atoms with van der Waals surface area (Å²) in [6, 6.07) is 7.39.